The summed E-state index contributed by atoms with van der Waals surface area (Å²) in [4.78, 5) is 7.17. The van der Waals surface area contributed by atoms with Gasteiger partial charge >= 0.3 is 0 Å². The predicted molar refractivity (Wildman–Crippen MR) is 87.5 cm³/mol. The van der Waals surface area contributed by atoms with Crippen LogP contribution in [0.15, 0.2) is 42.5 Å². The zero-order valence-corrected chi connectivity index (χ0v) is 12.6. The highest BCUT2D eigenvalue weighted by molar-refractivity contribution is 5.44. The van der Waals surface area contributed by atoms with Crippen LogP contribution in [0, 0.1) is 6.92 Å². The van der Waals surface area contributed by atoms with Gasteiger partial charge in [0.05, 0.1) is 6.04 Å². The molecule has 1 atom stereocenters. The molecule has 1 aromatic carbocycles. The number of nitrogens with two attached hydrogens (primary N) is 1. The lowest BCUT2D eigenvalue weighted by Gasteiger charge is -2.28. The van der Waals surface area contributed by atoms with Crippen LogP contribution in [0.1, 0.15) is 42.1 Å². The third-order valence-electron chi connectivity index (χ3n) is 4.29. The fourth-order valence-corrected chi connectivity index (χ4v) is 3.03. The van der Waals surface area contributed by atoms with E-state index in [0.717, 1.165) is 35.7 Å². The molecule has 1 fully saturated rings. The van der Waals surface area contributed by atoms with Crippen LogP contribution in [0.2, 0.25) is 0 Å². The minimum Gasteiger partial charge on any atom is -0.357 e. The fourth-order valence-electron chi connectivity index (χ4n) is 3.03. The van der Waals surface area contributed by atoms with Crippen molar-refractivity contribution in [1.82, 2.24) is 4.98 Å². The molecule has 2 heterocycles. The smallest absolute Gasteiger partial charge is 0.128 e. The van der Waals surface area contributed by atoms with Gasteiger partial charge in [-0.3, -0.25) is 0 Å². The van der Waals surface area contributed by atoms with Crippen LogP contribution in [-0.2, 0) is 0 Å². The van der Waals surface area contributed by atoms with Crippen molar-refractivity contribution in [3.8, 4) is 0 Å². The van der Waals surface area contributed by atoms with Crippen molar-refractivity contribution in [3.63, 3.8) is 0 Å². The zero-order valence-electron chi connectivity index (χ0n) is 12.6. The molecule has 1 aromatic heterocycles. The maximum absolute atomic E-state index is 6.39. The molecule has 3 nitrogen and oxygen atoms in total. The number of nitrogens with zero attached hydrogens (tertiary/aromatic N) is 2. The Labute approximate surface area is 126 Å². The molecule has 0 amide bonds. The number of aromatic nitrogens is 1. The summed E-state index contributed by atoms with van der Waals surface area (Å²) >= 11 is 0. The summed E-state index contributed by atoms with van der Waals surface area (Å²) in [6.45, 7) is 4.30. The lowest BCUT2D eigenvalue weighted by Crippen LogP contribution is -2.30. The molecular formula is C18H23N3. The van der Waals surface area contributed by atoms with Gasteiger partial charge in [-0.25, -0.2) is 4.98 Å². The molecule has 2 aromatic rings. The quantitative estimate of drug-likeness (QED) is 0.937. The molecule has 1 aliphatic heterocycles. The van der Waals surface area contributed by atoms with Gasteiger partial charge in [-0.05, 0) is 43.4 Å². The van der Waals surface area contributed by atoms with E-state index in [1.165, 1.54) is 19.3 Å². The van der Waals surface area contributed by atoms with E-state index in [0.29, 0.717) is 0 Å². The maximum Gasteiger partial charge on any atom is 0.128 e. The van der Waals surface area contributed by atoms with E-state index >= 15 is 0 Å². The molecule has 110 valence electrons. The number of aryl methyl sites for hydroxylation is 1. The summed E-state index contributed by atoms with van der Waals surface area (Å²) in [6, 6.07) is 14.4. The number of benzene rings is 1. The Bertz CT molecular complexity index is 589. The van der Waals surface area contributed by atoms with Gasteiger partial charge < -0.3 is 10.6 Å². The largest absolute Gasteiger partial charge is 0.357 e. The van der Waals surface area contributed by atoms with E-state index in [2.05, 4.69) is 36.1 Å². The number of rotatable bonds is 3. The number of hydrogen-bond donors (Lipinski definition) is 1. The van der Waals surface area contributed by atoms with Crippen LogP contribution >= 0.6 is 0 Å². The van der Waals surface area contributed by atoms with Crippen LogP contribution in [-0.4, -0.2) is 18.1 Å². The second-order valence-electron chi connectivity index (χ2n) is 5.78. The molecule has 2 N–H and O–H groups in total. The van der Waals surface area contributed by atoms with Crippen LogP contribution in [0.5, 0.6) is 0 Å². The van der Waals surface area contributed by atoms with E-state index in [1.54, 1.807) is 0 Å². The fraction of sp³-hybridized carbons (Fsp3) is 0.389. The van der Waals surface area contributed by atoms with Crippen LogP contribution < -0.4 is 10.6 Å². The second-order valence-corrected chi connectivity index (χ2v) is 5.78. The van der Waals surface area contributed by atoms with E-state index in [1.807, 2.05) is 18.2 Å². The Hall–Kier alpha value is -1.87. The molecule has 0 saturated carbocycles. The van der Waals surface area contributed by atoms with E-state index < -0.39 is 0 Å². The molecule has 0 radical (unpaired) electrons. The first-order valence-electron chi connectivity index (χ1n) is 7.79. The SMILES string of the molecule is Cc1nc(N2CCCCC2)ccc1[C@H](N)c1ccccc1. The predicted octanol–water partition coefficient (Wildman–Crippen LogP) is 3.43. The topological polar surface area (TPSA) is 42.2 Å². The van der Waals surface area contributed by atoms with E-state index in [9.17, 15) is 0 Å². The van der Waals surface area contributed by atoms with Crippen LogP contribution in [0.25, 0.3) is 0 Å². The van der Waals surface area contributed by atoms with E-state index in [-0.39, 0.29) is 6.04 Å². The highest BCUT2D eigenvalue weighted by Crippen LogP contribution is 2.25. The average molecular weight is 281 g/mol. The molecule has 1 aliphatic rings. The lowest BCUT2D eigenvalue weighted by atomic mass is 9.98. The van der Waals surface area contributed by atoms with Gasteiger partial charge in [-0.2, -0.15) is 0 Å². The number of pyridine rings is 1. The Morgan fingerprint density at radius 2 is 1.71 bits per heavy atom. The van der Waals surface area contributed by atoms with Gasteiger partial charge in [0.2, 0.25) is 0 Å². The Balaban J connectivity index is 1.84. The number of piperidine rings is 1. The summed E-state index contributed by atoms with van der Waals surface area (Å²) in [6.07, 6.45) is 3.88. The lowest BCUT2D eigenvalue weighted by molar-refractivity contribution is 0.573. The highest BCUT2D eigenvalue weighted by Gasteiger charge is 2.16. The minimum absolute atomic E-state index is 0.103. The Morgan fingerprint density at radius 3 is 2.38 bits per heavy atom. The molecule has 3 heteroatoms. The highest BCUT2D eigenvalue weighted by atomic mass is 15.2. The molecular weight excluding hydrogens is 258 g/mol. The van der Waals surface area contributed by atoms with Gasteiger partial charge in [0.1, 0.15) is 5.82 Å². The van der Waals surface area contributed by atoms with Crippen molar-refractivity contribution in [2.75, 3.05) is 18.0 Å². The second kappa shape index (κ2) is 6.27. The average Bonchev–Trinajstić information content (AvgIpc) is 2.56. The van der Waals surface area contributed by atoms with Gasteiger partial charge in [0, 0.05) is 18.8 Å². The summed E-state index contributed by atoms with van der Waals surface area (Å²) in [7, 11) is 0. The van der Waals surface area contributed by atoms with Crippen molar-refractivity contribution < 1.29 is 0 Å². The molecule has 0 spiro atoms. The standard InChI is InChI=1S/C18H23N3/c1-14-16(18(19)15-8-4-2-5-9-15)10-11-17(20-14)21-12-6-3-7-13-21/h2,4-5,8-11,18H,3,6-7,12-13,19H2,1H3/t18-/m1/s1. The molecule has 1 saturated heterocycles. The monoisotopic (exact) mass is 281 g/mol. The number of hydrogen-bond acceptors (Lipinski definition) is 3. The van der Waals surface area contributed by atoms with Crippen molar-refractivity contribution in [2.24, 2.45) is 5.73 Å². The van der Waals surface area contributed by atoms with Crippen molar-refractivity contribution in [3.05, 3.63) is 59.3 Å². The van der Waals surface area contributed by atoms with Crippen molar-refractivity contribution in [1.29, 1.82) is 0 Å². The first kappa shape index (κ1) is 14.1. The molecule has 0 unspecified atom stereocenters. The van der Waals surface area contributed by atoms with Gasteiger partial charge in [-0.15, -0.1) is 0 Å². The molecule has 21 heavy (non-hydrogen) atoms. The first-order valence-corrected chi connectivity index (χ1v) is 7.79. The number of anilines is 1. The van der Waals surface area contributed by atoms with Crippen LogP contribution in [0.3, 0.4) is 0 Å². The first-order chi connectivity index (χ1) is 10.3. The van der Waals surface area contributed by atoms with Crippen LogP contribution in [0.4, 0.5) is 5.82 Å². The van der Waals surface area contributed by atoms with Gasteiger partial charge in [-0.1, -0.05) is 36.4 Å². The maximum atomic E-state index is 6.39. The van der Waals surface area contributed by atoms with Crippen molar-refractivity contribution >= 4 is 5.82 Å². The summed E-state index contributed by atoms with van der Waals surface area (Å²) in [5, 5.41) is 0. The summed E-state index contributed by atoms with van der Waals surface area (Å²) in [5.74, 6) is 1.09. The Kier molecular flexibility index (Phi) is 4.20. The molecule has 0 bridgehead atoms. The molecule has 0 aliphatic carbocycles. The minimum atomic E-state index is -0.103. The third-order valence-corrected chi connectivity index (χ3v) is 4.29. The molecule has 3 rings (SSSR count). The third kappa shape index (κ3) is 3.08. The zero-order chi connectivity index (χ0) is 14.7. The van der Waals surface area contributed by atoms with Gasteiger partial charge in [0.15, 0.2) is 0 Å². The van der Waals surface area contributed by atoms with E-state index in [4.69, 9.17) is 10.7 Å². The van der Waals surface area contributed by atoms with Gasteiger partial charge in [0.25, 0.3) is 0 Å². The Morgan fingerprint density at radius 1 is 1.00 bits per heavy atom. The normalized spacial score (nSPS) is 16.8. The summed E-state index contributed by atoms with van der Waals surface area (Å²) in [5.41, 5.74) is 9.67. The summed E-state index contributed by atoms with van der Waals surface area (Å²) < 4.78 is 0. The van der Waals surface area contributed by atoms with Crippen molar-refractivity contribution in [2.45, 2.75) is 32.2 Å².